The van der Waals surface area contributed by atoms with E-state index in [1.54, 1.807) is 36.4 Å². The zero-order valence-corrected chi connectivity index (χ0v) is 13.5. The van der Waals surface area contributed by atoms with Crippen LogP contribution in [-0.4, -0.2) is 23.3 Å². The average molecular weight is 329 g/mol. The number of aryl methyl sites for hydroxylation is 1. The normalized spacial score (nSPS) is 11.7. The third-order valence-corrected chi connectivity index (χ3v) is 5.43. The number of nitrogens with zero attached hydrogens (tertiary/aromatic N) is 1. The van der Waals surface area contributed by atoms with Gasteiger partial charge >= 0.3 is 0 Å². The first kappa shape index (κ1) is 15.3. The van der Waals surface area contributed by atoms with Crippen molar-refractivity contribution in [3.63, 3.8) is 0 Å². The fourth-order valence-electron chi connectivity index (χ4n) is 2.57. The maximum absolute atomic E-state index is 13.0. The van der Waals surface area contributed by atoms with E-state index >= 15 is 0 Å². The van der Waals surface area contributed by atoms with Crippen LogP contribution in [0.5, 0.6) is 5.75 Å². The summed E-state index contributed by atoms with van der Waals surface area (Å²) >= 11 is 0. The molecule has 0 aliphatic carbocycles. The van der Waals surface area contributed by atoms with Crippen molar-refractivity contribution < 1.29 is 18.3 Å². The summed E-state index contributed by atoms with van der Waals surface area (Å²) < 4.78 is 26.9. The summed E-state index contributed by atoms with van der Waals surface area (Å²) in [6.07, 6.45) is 0. The zero-order valence-electron chi connectivity index (χ0n) is 12.6. The van der Waals surface area contributed by atoms with Gasteiger partial charge in [0, 0.05) is 12.3 Å². The Kier molecular flexibility index (Phi) is 3.49. The SMILES string of the molecule is CC(=O)c1c(O)c2ccccc2n1S(=O)(=O)c1ccc(C)cc1. The van der Waals surface area contributed by atoms with Crippen LogP contribution in [0.4, 0.5) is 0 Å². The molecule has 1 aromatic heterocycles. The van der Waals surface area contributed by atoms with E-state index in [0.717, 1.165) is 9.54 Å². The third kappa shape index (κ3) is 2.31. The van der Waals surface area contributed by atoms with E-state index in [-0.39, 0.29) is 21.9 Å². The second-order valence-electron chi connectivity index (χ2n) is 5.35. The Morgan fingerprint density at radius 3 is 2.26 bits per heavy atom. The van der Waals surface area contributed by atoms with E-state index < -0.39 is 15.8 Å². The molecule has 0 amide bonds. The monoisotopic (exact) mass is 329 g/mol. The summed E-state index contributed by atoms with van der Waals surface area (Å²) in [5.41, 5.74) is 0.971. The lowest BCUT2D eigenvalue weighted by Gasteiger charge is -2.10. The van der Waals surface area contributed by atoms with Crippen molar-refractivity contribution in [3.05, 3.63) is 59.8 Å². The maximum atomic E-state index is 13.0. The lowest BCUT2D eigenvalue weighted by molar-refractivity contribution is 0.101. The van der Waals surface area contributed by atoms with Gasteiger partial charge in [-0.3, -0.25) is 4.79 Å². The summed E-state index contributed by atoms with van der Waals surface area (Å²) in [6, 6.07) is 12.8. The average Bonchev–Trinajstić information content (AvgIpc) is 2.82. The number of ketones is 1. The standard InChI is InChI=1S/C17H15NO4S/c1-11-7-9-13(10-8-11)23(21,22)18-15-6-4-3-5-14(15)17(20)16(18)12(2)19/h3-10,20H,1-2H3. The maximum Gasteiger partial charge on any atom is 0.268 e. The van der Waals surface area contributed by atoms with E-state index in [1.165, 1.54) is 19.1 Å². The lowest BCUT2D eigenvalue weighted by Crippen LogP contribution is -2.17. The van der Waals surface area contributed by atoms with Crippen LogP contribution in [0, 0.1) is 6.92 Å². The number of hydrogen-bond donors (Lipinski definition) is 1. The van der Waals surface area contributed by atoms with Crippen LogP contribution < -0.4 is 0 Å². The fourth-order valence-corrected chi connectivity index (χ4v) is 4.13. The van der Waals surface area contributed by atoms with Crippen LogP contribution in [0.15, 0.2) is 53.4 Å². The fraction of sp³-hybridized carbons (Fsp3) is 0.118. The molecule has 0 aliphatic rings. The van der Waals surface area contributed by atoms with E-state index in [9.17, 15) is 18.3 Å². The predicted octanol–water partition coefficient (Wildman–Crippen LogP) is 3.09. The van der Waals surface area contributed by atoms with Gasteiger partial charge in [-0.1, -0.05) is 29.8 Å². The van der Waals surface area contributed by atoms with Gasteiger partial charge in [0.2, 0.25) is 0 Å². The van der Waals surface area contributed by atoms with Crippen LogP contribution >= 0.6 is 0 Å². The van der Waals surface area contributed by atoms with E-state index in [0.29, 0.717) is 5.39 Å². The Bertz CT molecular complexity index is 1010. The number of aromatic hydroxyl groups is 1. The Hall–Kier alpha value is -2.60. The number of hydrogen-bond acceptors (Lipinski definition) is 4. The van der Waals surface area contributed by atoms with Crippen molar-refractivity contribution in [2.45, 2.75) is 18.7 Å². The van der Waals surface area contributed by atoms with Gasteiger partial charge < -0.3 is 5.11 Å². The van der Waals surface area contributed by atoms with Gasteiger partial charge in [0.1, 0.15) is 5.69 Å². The van der Waals surface area contributed by atoms with Gasteiger partial charge in [0.05, 0.1) is 10.4 Å². The Morgan fingerprint density at radius 1 is 1.04 bits per heavy atom. The number of carbonyl (C=O) groups is 1. The van der Waals surface area contributed by atoms with Gasteiger partial charge in [-0.05, 0) is 31.2 Å². The molecule has 2 aromatic carbocycles. The number of Topliss-reactive ketones (excluding diaryl/α,β-unsaturated/α-hetero) is 1. The number of aromatic nitrogens is 1. The molecule has 23 heavy (non-hydrogen) atoms. The first-order valence-corrected chi connectivity index (χ1v) is 8.43. The molecule has 0 atom stereocenters. The Morgan fingerprint density at radius 2 is 1.65 bits per heavy atom. The Labute approximate surface area is 133 Å². The van der Waals surface area contributed by atoms with Gasteiger partial charge in [0.25, 0.3) is 10.0 Å². The van der Waals surface area contributed by atoms with Crippen LogP contribution in [0.25, 0.3) is 10.9 Å². The molecule has 0 fully saturated rings. The highest BCUT2D eigenvalue weighted by atomic mass is 32.2. The highest BCUT2D eigenvalue weighted by Gasteiger charge is 2.28. The molecule has 0 saturated carbocycles. The van der Waals surface area contributed by atoms with Crippen molar-refractivity contribution in [3.8, 4) is 5.75 Å². The van der Waals surface area contributed by atoms with Crippen LogP contribution in [0.3, 0.4) is 0 Å². The van der Waals surface area contributed by atoms with E-state index in [4.69, 9.17) is 0 Å². The molecule has 1 heterocycles. The summed E-state index contributed by atoms with van der Waals surface area (Å²) in [4.78, 5) is 12.0. The second-order valence-corrected chi connectivity index (χ2v) is 7.14. The smallest absolute Gasteiger partial charge is 0.268 e. The minimum atomic E-state index is -4.00. The number of benzene rings is 2. The molecule has 3 rings (SSSR count). The first-order valence-electron chi connectivity index (χ1n) is 6.99. The highest BCUT2D eigenvalue weighted by molar-refractivity contribution is 7.90. The Balaban J connectivity index is 2.41. The predicted molar refractivity (Wildman–Crippen MR) is 87.4 cm³/mol. The number of para-hydroxylation sites is 1. The molecule has 0 unspecified atom stereocenters. The minimum Gasteiger partial charge on any atom is -0.505 e. The van der Waals surface area contributed by atoms with Crippen molar-refractivity contribution >= 4 is 26.7 Å². The minimum absolute atomic E-state index is 0.0614. The summed E-state index contributed by atoms with van der Waals surface area (Å²) in [7, 11) is -4.00. The molecular formula is C17H15NO4S. The van der Waals surface area contributed by atoms with Crippen LogP contribution in [0.1, 0.15) is 23.0 Å². The van der Waals surface area contributed by atoms with E-state index in [2.05, 4.69) is 0 Å². The molecule has 0 radical (unpaired) electrons. The van der Waals surface area contributed by atoms with Crippen LogP contribution in [0.2, 0.25) is 0 Å². The van der Waals surface area contributed by atoms with Crippen LogP contribution in [-0.2, 0) is 10.0 Å². The largest absolute Gasteiger partial charge is 0.505 e. The summed E-state index contributed by atoms with van der Waals surface area (Å²) in [5.74, 6) is -0.835. The number of rotatable bonds is 3. The molecular weight excluding hydrogens is 314 g/mol. The van der Waals surface area contributed by atoms with E-state index in [1.807, 2.05) is 6.92 Å². The topological polar surface area (TPSA) is 76.4 Å². The molecule has 0 aliphatic heterocycles. The van der Waals surface area contributed by atoms with Crippen molar-refractivity contribution in [1.82, 2.24) is 3.97 Å². The quantitative estimate of drug-likeness (QED) is 0.749. The molecule has 3 aromatic rings. The molecule has 6 heteroatoms. The summed E-state index contributed by atoms with van der Waals surface area (Å²) in [6.45, 7) is 3.09. The van der Waals surface area contributed by atoms with Gasteiger partial charge in [-0.25, -0.2) is 12.4 Å². The molecule has 5 nitrogen and oxygen atoms in total. The molecule has 0 saturated heterocycles. The van der Waals surface area contributed by atoms with Crippen molar-refractivity contribution in [2.75, 3.05) is 0 Å². The molecule has 0 spiro atoms. The molecule has 1 N–H and O–H groups in total. The zero-order chi connectivity index (χ0) is 16.8. The van der Waals surface area contributed by atoms with Gasteiger partial charge in [-0.15, -0.1) is 0 Å². The van der Waals surface area contributed by atoms with Crippen molar-refractivity contribution in [1.29, 1.82) is 0 Å². The summed E-state index contributed by atoms with van der Waals surface area (Å²) in [5, 5.41) is 10.6. The molecule has 118 valence electrons. The van der Waals surface area contributed by atoms with Gasteiger partial charge in [0.15, 0.2) is 11.5 Å². The molecule has 0 bridgehead atoms. The first-order chi connectivity index (χ1) is 10.8. The highest BCUT2D eigenvalue weighted by Crippen LogP contribution is 2.35. The number of fused-ring (bicyclic) bond motifs is 1. The lowest BCUT2D eigenvalue weighted by atomic mass is 10.2. The number of carbonyl (C=O) groups excluding carboxylic acids is 1. The van der Waals surface area contributed by atoms with Gasteiger partial charge in [-0.2, -0.15) is 0 Å². The third-order valence-electron chi connectivity index (χ3n) is 3.70. The second kappa shape index (κ2) is 5.24. The van der Waals surface area contributed by atoms with Crippen molar-refractivity contribution in [2.24, 2.45) is 0 Å².